The lowest BCUT2D eigenvalue weighted by molar-refractivity contribution is 0.335. The van der Waals surface area contributed by atoms with E-state index in [0.29, 0.717) is 12.5 Å². The Labute approximate surface area is 104 Å². The van der Waals surface area contributed by atoms with Crippen molar-refractivity contribution in [2.24, 2.45) is 11.7 Å². The lowest BCUT2D eigenvalue weighted by Gasteiger charge is -2.25. The summed E-state index contributed by atoms with van der Waals surface area (Å²) in [6.45, 7) is 7.93. The molecular weight excluding hydrogens is 241 g/mol. The summed E-state index contributed by atoms with van der Waals surface area (Å²) in [5.74, 6) is 0.257. The SMILES string of the molecule is CCOP(=O)(SC(C)C)C(N)CCC(C)C. The molecule has 0 bridgehead atoms. The van der Waals surface area contributed by atoms with Gasteiger partial charge in [-0.1, -0.05) is 39.1 Å². The van der Waals surface area contributed by atoms with Crippen molar-refractivity contribution >= 4 is 18.0 Å². The van der Waals surface area contributed by atoms with Crippen molar-refractivity contribution < 1.29 is 9.09 Å². The molecule has 2 atom stereocenters. The molecule has 0 fully saturated rings. The third kappa shape index (κ3) is 6.29. The summed E-state index contributed by atoms with van der Waals surface area (Å²) in [5.41, 5.74) is 6.03. The molecule has 16 heavy (non-hydrogen) atoms. The molecule has 2 unspecified atom stereocenters. The Morgan fingerprint density at radius 3 is 2.19 bits per heavy atom. The Morgan fingerprint density at radius 2 is 1.81 bits per heavy atom. The second-order valence-corrected chi connectivity index (χ2v) is 9.96. The smallest absolute Gasteiger partial charge is 0.274 e. The monoisotopic (exact) mass is 267 g/mol. The first-order valence-electron chi connectivity index (χ1n) is 6.00. The van der Waals surface area contributed by atoms with E-state index in [-0.39, 0.29) is 11.0 Å². The molecule has 0 heterocycles. The van der Waals surface area contributed by atoms with Crippen LogP contribution in [0.4, 0.5) is 0 Å². The largest absolute Gasteiger partial charge is 0.320 e. The van der Waals surface area contributed by atoms with Crippen LogP contribution in [0.1, 0.15) is 47.5 Å². The number of nitrogens with two attached hydrogens (primary N) is 1. The van der Waals surface area contributed by atoms with Crippen LogP contribution in [0.2, 0.25) is 0 Å². The lowest BCUT2D eigenvalue weighted by atomic mass is 10.1. The maximum atomic E-state index is 12.6. The summed E-state index contributed by atoms with van der Waals surface area (Å²) < 4.78 is 18.0. The Kier molecular flexibility index (Phi) is 8.00. The van der Waals surface area contributed by atoms with Crippen molar-refractivity contribution in [2.45, 2.75) is 58.5 Å². The van der Waals surface area contributed by atoms with Gasteiger partial charge >= 0.3 is 0 Å². The van der Waals surface area contributed by atoms with Gasteiger partial charge in [0.1, 0.15) is 0 Å². The van der Waals surface area contributed by atoms with E-state index < -0.39 is 6.57 Å². The summed E-state index contributed by atoms with van der Waals surface area (Å²) in [7, 11) is 0. The van der Waals surface area contributed by atoms with Gasteiger partial charge in [-0.25, -0.2) is 0 Å². The summed E-state index contributed by atoms with van der Waals surface area (Å²) >= 11 is 1.39. The van der Waals surface area contributed by atoms with Gasteiger partial charge in [0.05, 0.1) is 12.4 Å². The molecule has 0 amide bonds. The van der Waals surface area contributed by atoms with Crippen molar-refractivity contribution in [1.29, 1.82) is 0 Å². The van der Waals surface area contributed by atoms with Crippen LogP contribution < -0.4 is 5.73 Å². The van der Waals surface area contributed by atoms with Crippen molar-refractivity contribution in [3.8, 4) is 0 Å². The van der Waals surface area contributed by atoms with Gasteiger partial charge in [0.2, 0.25) is 0 Å². The first-order valence-corrected chi connectivity index (χ1v) is 9.18. The summed E-state index contributed by atoms with van der Waals surface area (Å²) in [6, 6.07) is 0. The molecule has 0 aliphatic heterocycles. The van der Waals surface area contributed by atoms with Gasteiger partial charge in [0, 0.05) is 5.25 Å². The molecular formula is C11H26NO2PS. The number of rotatable bonds is 8. The molecule has 0 rings (SSSR count). The molecule has 0 radical (unpaired) electrons. The quantitative estimate of drug-likeness (QED) is 0.673. The number of hydrogen-bond acceptors (Lipinski definition) is 4. The maximum Gasteiger partial charge on any atom is 0.274 e. The van der Waals surface area contributed by atoms with Gasteiger partial charge in [-0.15, -0.1) is 0 Å². The highest BCUT2D eigenvalue weighted by Gasteiger charge is 2.32. The van der Waals surface area contributed by atoms with Crippen LogP contribution >= 0.6 is 18.0 Å². The Bertz CT molecular complexity index is 234. The van der Waals surface area contributed by atoms with Crippen molar-refractivity contribution in [3.63, 3.8) is 0 Å². The zero-order valence-corrected chi connectivity index (χ0v) is 12.8. The van der Waals surface area contributed by atoms with Crippen LogP contribution in [0.3, 0.4) is 0 Å². The molecule has 0 spiro atoms. The van der Waals surface area contributed by atoms with Crippen molar-refractivity contribution in [3.05, 3.63) is 0 Å². The fraction of sp³-hybridized carbons (Fsp3) is 1.00. The molecule has 3 nitrogen and oxygen atoms in total. The molecule has 0 saturated carbocycles. The highest BCUT2D eigenvalue weighted by molar-refractivity contribution is 8.57. The molecule has 5 heteroatoms. The van der Waals surface area contributed by atoms with Crippen LogP contribution in [0.5, 0.6) is 0 Å². The molecule has 0 aromatic rings. The molecule has 0 aromatic heterocycles. The van der Waals surface area contributed by atoms with E-state index in [1.54, 1.807) is 0 Å². The molecule has 0 aliphatic carbocycles. The van der Waals surface area contributed by atoms with Gasteiger partial charge in [0.25, 0.3) is 6.57 Å². The van der Waals surface area contributed by atoms with Crippen LogP contribution in [-0.2, 0) is 9.09 Å². The standard InChI is InChI=1S/C11H26NO2PS/c1-6-14-15(13,16-10(4)5)11(12)8-7-9(2)3/h9-11H,6-8,12H2,1-5H3. The average molecular weight is 267 g/mol. The van der Waals surface area contributed by atoms with Crippen LogP contribution in [-0.4, -0.2) is 17.6 Å². The fourth-order valence-electron chi connectivity index (χ4n) is 1.34. The minimum atomic E-state index is -2.73. The second-order valence-electron chi connectivity index (χ2n) is 4.65. The first kappa shape index (κ1) is 16.5. The van der Waals surface area contributed by atoms with E-state index in [1.165, 1.54) is 11.4 Å². The predicted molar refractivity (Wildman–Crippen MR) is 74.0 cm³/mol. The summed E-state index contributed by atoms with van der Waals surface area (Å²) in [5, 5.41) is 0.280. The van der Waals surface area contributed by atoms with Crippen LogP contribution in [0, 0.1) is 5.92 Å². The minimum absolute atomic E-state index is 0.280. The van der Waals surface area contributed by atoms with Crippen LogP contribution in [0.25, 0.3) is 0 Å². The molecule has 2 N–H and O–H groups in total. The zero-order chi connectivity index (χ0) is 12.8. The van der Waals surface area contributed by atoms with Gasteiger partial charge in [-0.05, 0) is 25.7 Å². The molecule has 0 saturated heterocycles. The lowest BCUT2D eigenvalue weighted by Crippen LogP contribution is -2.21. The zero-order valence-electron chi connectivity index (χ0n) is 11.1. The summed E-state index contributed by atoms with van der Waals surface area (Å²) in [4.78, 5) is 0. The highest BCUT2D eigenvalue weighted by atomic mass is 32.7. The highest BCUT2D eigenvalue weighted by Crippen LogP contribution is 2.64. The molecule has 0 aromatic carbocycles. The maximum absolute atomic E-state index is 12.6. The van der Waals surface area contributed by atoms with E-state index in [9.17, 15) is 4.57 Å². The Hall–Kier alpha value is 0.500. The van der Waals surface area contributed by atoms with Crippen LogP contribution in [0.15, 0.2) is 0 Å². The minimum Gasteiger partial charge on any atom is -0.320 e. The molecule has 0 aliphatic rings. The van der Waals surface area contributed by atoms with E-state index >= 15 is 0 Å². The van der Waals surface area contributed by atoms with E-state index in [4.69, 9.17) is 10.3 Å². The third-order valence-electron chi connectivity index (χ3n) is 2.11. The Morgan fingerprint density at radius 1 is 1.25 bits per heavy atom. The van der Waals surface area contributed by atoms with Crippen molar-refractivity contribution in [1.82, 2.24) is 0 Å². The van der Waals surface area contributed by atoms with E-state index in [0.717, 1.165) is 12.8 Å². The first-order chi connectivity index (χ1) is 7.31. The normalized spacial score (nSPS) is 17.8. The summed E-state index contributed by atoms with van der Waals surface area (Å²) in [6.07, 6.45) is 1.77. The average Bonchev–Trinajstić information content (AvgIpc) is 2.12. The predicted octanol–water partition coefficient (Wildman–Crippen LogP) is 4.08. The third-order valence-corrected chi connectivity index (χ3v) is 7.79. The topological polar surface area (TPSA) is 52.3 Å². The van der Waals surface area contributed by atoms with Gasteiger partial charge in [-0.3, -0.25) is 4.57 Å². The Balaban J connectivity index is 4.44. The fourth-order valence-corrected chi connectivity index (χ4v) is 6.21. The van der Waals surface area contributed by atoms with E-state index in [2.05, 4.69) is 13.8 Å². The number of hydrogen-bond donors (Lipinski definition) is 1. The second kappa shape index (κ2) is 7.75. The van der Waals surface area contributed by atoms with Gasteiger partial charge in [-0.2, -0.15) is 0 Å². The van der Waals surface area contributed by atoms with Crippen molar-refractivity contribution in [2.75, 3.05) is 6.61 Å². The van der Waals surface area contributed by atoms with Gasteiger partial charge in [0.15, 0.2) is 0 Å². The molecule has 98 valence electrons. The van der Waals surface area contributed by atoms with Gasteiger partial charge < -0.3 is 10.3 Å². The van der Waals surface area contributed by atoms with E-state index in [1.807, 2.05) is 20.8 Å².